The lowest BCUT2D eigenvalue weighted by Gasteiger charge is -2.18. The van der Waals surface area contributed by atoms with Gasteiger partial charge in [-0.05, 0) is 23.8 Å². The Morgan fingerprint density at radius 3 is 3.00 bits per heavy atom. The van der Waals surface area contributed by atoms with E-state index in [-0.39, 0.29) is 0 Å². The number of carbonyl (C=O) groups is 1. The topological polar surface area (TPSA) is 20.3 Å². The fourth-order valence-corrected chi connectivity index (χ4v) is 2.19. The number of nitrogens with zero attached hydrogens (tertiary/aromatic N) is 1. The summed E-state index contributed by atoms with van der Waals surface area (Å²) in [6.45, 7) is 0.827. The maximum Gasteiger partial charge on any atom is 0.139 e. The Morgan fingerprint density at radius 1 is 1.43 bits per heavy atom. The van der Waals surface area contributed by atoms with Gasteiger partial charge in [-0.3, -0.25) is 4.79 Å². The molecule has 74 valence electrons. The van der Waals surface area contributed by atoms with Gasteiger partial charge in [-0.2, -0.15) is 0 Å². The largest absolute Gasteiger partial charge is 0.374 e. The highest BCUT2D eigenvalue weighted by Gasteiger charge is 2.16. The summed E-state index contributed by atoms with van der Waals surface area (Å²) in [6, 6.07) is 6.12. The molecule has 0 saturated carbocycles. The lowest BCUT2D eigenvalue weighted by atomic mass is 10.1. The molecule has 0 bridgehead atoms. The third-order valence-electron chi connectivity index (χ3n) is 2.57. The van der Waals surface area contributed by atoms with Crippen LogP contribution < -0.4 is 4.90 Å². The summed E-state index contributed by atoms with van der Waals surface area (Å²) in [5.41, 5.74) is 2.31. The quantitative estimate of drug-likeness (QED) is 0.708. The first-order valence-electron chi connectivity index (χ1n) is 4.68. The summed E-state index contributed by atoms with van der Waals surface area (Å²) in [5, 5.41) is 0. The van der Waals surface area contributed by atoms with E-state index in [0.29, 0.717) is 18.6 Å². The first kappa shape index (κ1) is 9.71. The van der Waals surface area contributed by atoms with Crippen molar-refractivity contribution >= 4 is 27.4 Å². The summed E-state index contributed by atoms with van der Waals surface area (Å²) in [5.74, 6) is 0.328. The summed E-state index contributed by atoms with van der Waals surface area (Å²) < 4.78 is 1.04. The van der Waals surface area contributed by atoms with Crippen LogP contribution in [0.25, 0.3) is 0 Å². The van der Waals surface area contributed by atoms with Crippen molar-refractivity contribution in [3.05, 3.63) is 28.2 Å². The van der Waals surface area contributed by atoms with E-state index in [2.05, 4.69) is 26.9 Å². The SMILES string of the molecule is CN1CCC(=O)Cc2cc(Br)ccc21. The van der Waals surface area contributed by atoms with Crippen LogP contribution in [0.3, 0.4) is 0 Å². The fraction of sp³-hybridized carbons (Fsp3) is 0.364. The molecule has 14 heavy (non-hydrogen) atoms. The smallest absolute Gasteiger partial charge is 0.139 e. The molecular weight excluding hydrogens is 242 g/mol. The molecule has 0 spiro atoms. The molecule has 1 heterocycles. The third kappa shape index (κ3) is 1.82. The molecule has 0 unspecified atom stereocenters. The molecular formula is C11H12BrNO. The second-order valence-corrected chi connectivity index (χ2v) is 4.58. The third-order valence-corrected chi connectivity index (χ3v) is 3.06. The van der Waals surface area contributed by atoms with E-state index in [1.807, 2.05) is 19.2 Å². The summed E-state index contributed by atoms with van der Waals surface area (Å²) >= 11 is 3.43. The first-order chi connectivity index (χ1) is 6.66. The van der Waals surface area contributed by atoms with Gasteiger partial charge < -0.3 is 4.90 Å². The Kier molecular flexibility index (Phi) is 2.59. The maximum absolute atomic E-state index is 11.5. The summed E-state index contributed by atoms with van der Waals surface area (Å²) in [7, 11) is 2.03. The van der Waals surface area contributed by atoms with Crippen molar-refractivity contribution in [1.82, 2.24) is 0 Å². The van der Waals surface area contributed by atoms with E-state index >= 15 is 0 Å². The number of halogens is 1. The monoisotopic (exact) mass is 253 g/mol. The molecule has 2 rings (SSSR count). The minimum atomic E-state index is 0.328. The van der Waals surface area contributed by atoms with Gasteiger partial charge >= 0.3 is 0 Å². The highest BCUT2D eigenvalue weighted by Crippen LogP contribution is 2.26. The molecule has 0 amide bonds. The Morgan fingerprint density at radius 2 is 2.21 bits per heavy atom. The highest BCUT2D eigenvalue weighted by molar-refractivity contribution is 9.10. The average molecular weight is 254 g/mol. The van der Waals surface area contributed by atoms with Crippen molar-refractivity contribution in [2.45, 2.75) is 12.8 Å². The van der Waals surface area contributed by atoms with Crippen LogP contribution in [0.1, 0.15) is 12.0 Å². The normalized spacial score (nSPS) is 16.4. The Bertz CT molecular complexity index is 376. The number of anilines is 1. The van der Waals surface area contributed by atoms with Crippen LogP contribution in [0, 0.1) is 0 Å². The summed E-state index contributed by atoms with van der Waals surface area (Å²) in [6.07, 6.45) is 1.22. The van der Waals surface area contributed by atoms with Gasteiger partial charge in [0.1, 0.15) is 5.78 Å². The van der Waals surface area contributed by atoms with Gasteiger partial charge in [0.05, 0.1) is 0 Å². The summed E-state index contributed by atoms with van der Waals surface area (Å²) in [4.78, 5) is 13.6. The standard InChI is InChI=1S/C11H12BrNO/c1-13-5-4-10(14)7-8-6-9(12)2-3-11(8)13/h2-3,6H,4-5,7H2,1H3. The van der Waals surface area contributed by atoms with Gasteiger partial charge in [0, 0.05) is 36.6 Å². The number of benzene rings is 1. The van der Waals surface area contributed by atoms with E-state index in [0.717, 1.165) is 16.6 Å². The van der Waals surface area contributed by atoms with Crippen molar-refractivity contribution in [2.24, 2.45) is 0 Å². The predicted molar refractivity (Wildman–Crippen MR) is 60.7 cm³/mol. The predicted octanol–water partition coefficient (Wildman–Crippen LogP) is 2.40. The number of hydrogen-bond donors (Lipinski definition) is 0. The lowest BCUT2D eigenvalue weighted by molar-refractivity contribution is -0.118. The van der Waals surface area contributed by atoms with Crippen LogP contribution in [-0.4, -0.2) is 19.4 Å². The van der Waals surface area contributed by atoms with E-state index < -0.39 is 0 Å². The van der Waals surface area contributed by atoms with Gasteiger partial charge in [0.15, 0.2) is 0 Å². The molecule has 0 fully saturated rings. The molecule has 0 aliphatic carbocycles. The maximum atomic E-state index is 11.5. The zero-order valence-corrected chi connectivity index (χ0v) is 9.67. The number of rotatable bonds is 0. The minimum absolute atomic E-state index is 0.328. The molecule has 0 radical (unpaired) electrons. The van der Waals surface area contributed by atoms with E-state index in [4.69, 9.17) is 0 Å². The lowest BCUT2D eigenvalue weighted by Crippen LogP contribution is -2.18. The molecule has 0 atom stereocenters. The highest BCUT2D eigenvalue weighted by atomic mass is 79.9. The minimum Gasteiger partial charge on any atom is -0.374 e. The van der Waals surface area contributed by atoms with E-state index in [1.54, 1.807) is 0 Å². The van der Waals surface area contributed by atoms with Gasteiger partial charge in [-0.25, -0.2) is 0 Å². The average Bonchev–Trinajstić information content (AvgIpc) is 2.26. The Labute approximate surface area is 92.0 Å². The number of Topliss-reactive ketones (excluding diaryl/α,β-unsaturated/α-hetero) is 1. The van der Waals surface area contributed by atoms with Crippen molar-refractivity contribution in [1.29, 1.82) is 0 Å². The van der Waals surface area contributed by atoms with Crippen molar-refractivity contribution in [2.75, 3.05) is 18.5 Å². The van der Waals surface area contributed by atoms with Crippen molar-refractivity contribution < 1.29 is 4.79 Å². The molecule has 1 aromatic rings. The van der Waals surface area contributed by atoms with E-state index in [1.165, 1.54) is 5.69 Å². The molecule has 0 N–H and O–H groups in total. The van der Waals surface area contributed by atoms with Crippen LogP contribution in [0.5, 0.6) is 0 Å². The number of ketones is 1. The molecule has 3 heteroatoms. The molecule has 1 aromatic carbocycles. The van der Waals surface area contributed by atoms with Crippen LogP contribution in [0.4, 0.5) is 5.69 Å². The van der Waals surface area contributed by atoms with Gasteiger partial charge in [0.2, 0.25) is 0 Å². The number of hydrogen-bond acceptors (Lipinski definition) is 2. The molecule has 0 aromatic heterocycles. The van der Waals surface area contributed by atoms with Crippen LogP contribution in [-0.2, 0) is 11.2 Å². The second-order valence-electron chi connectivity index (χ2n) is 3.66. The van der Waals surface area contributed by atoms with Crippen LogP contribution in [0.15, 0.2) is 22.7 Å². The van der Waals surface area contributed by atoms with E-state index in [9.17, 15) is 4.79 Å². The molecule has 1 aliphatic heterocycles. The Hall–Kier alpha value is -0.830. The molecule has 1 aliphatic rings. The number of fused-ring (bicyclic) bond motifs is 1. The number of carbonyl (C=O) groups excluding carboxylic acids is 1. The molecule has 0 saturated heterocycles. The van der Waals surface area contributed by atoms with Gasteiger partial charge in [-0.15, -0.1) is 0 Å². The molecule has 2 nitrogen and oxygen atoms in total. The van der Waals surface area contributed by atoms with Crippen molar-refractivity contribution in [3.63, 3.8) is 0 Å². The van der Waals surface area contributed by atoms with Crippen LogP contribution >= 0.6 is 15.9 Å². The second kappa shape index (κ2) is 3.73. The zero-order chi connectivity index (χ0) is 10.1. The van der Waals surface area contributed by atoms with Crippen molar-refractivity contribution in [3.8, 4) is 0 Å². The Balaban J connectivity index is 2.46. The van der Waals surface area contributed by atoms with Gasteiger partial charge in [-0.1, -0.05) is 15.9 Å². The van der Waals surface area contributed by atoms with Gasteiger partial charge in [0.25, 0.3) is 0 Å². The first-order valence-corrected chi connectivity index (χ1v) is 5.47. The fourth-order valence-electron chi connectivity index (χ4n) is 1.78. The van der Waals surface area contributed by atoms with Crippen LogP contribution in [0.2, 0.25) is 0 Å². The zero-order valence-electron chi connectivity index (χ0n) is 8.09.